The molecule has 0 amide bonds. The van der Waals surface area contributed by atoms with Crippen LogP contribution >= 0.6 is 0 Å². The quantitative estimate of drug-likeness (QED) is 0.412. The van der Waals surface area contributed by atoms with Crippen LogP contribution in [0, 0.1) is 18.6 Å². The lowest BCUT2D eigenvalue weighted by Crippen LogP contribution is -2.39. The van der Waals surface area contributed by atoms with E-state index in [0.717, 1.165) is 23.4 Å². The fourth-order valence-corrected chi connectivity index (χ4v) is 3.52. The second-order valence-electron chi connectivity index (χ2n) is 8.85. The lowest BCUT2D eigenvalue weighted by Gasteiger charge is -2.29. The number of aliphatic hydroxyl groups excluding tert-OH is 1. The Morgan fingerprint density at radius 1 is 1.06 bits per heavy atom. The first-order valence-electron chi connectivity index (χ1n) is 11.5. The number of hydrogen-bond acceptors (Lipinski definition) is 5. The van der Waals surface area contributed by atoms with E-state index in [1.165, 1.54) is 6.07 Å². The highest BCUT2D eigenvalue weighted by Crippen LogP contribution is 2.33. The average molecular weight is 474 g/mol. The molecule has 2 aromatic carbocycles. The molecule has 0 saturated heterocycles. The van der Waals surface area contributed by atoms with Gasteiger partial charge in [-0.1, -0.05) is 18.2 Å². The third-order valence-electron chi connectivity index (χ3n) is 5.40. The van der Waals surface area contributed by atoms with E-state index in [2.05, 4.69) is 10.00 Å². The van der Waals surface area contributed by atoms with Gasteiger partial charge in [-0.15, -0.1) is 0 Å². The Bertz CT molecular complexity index is 1070. The largest absolute Gasteiger partial charge is 0.435 e. The van der Waals surface area contributed by atoms with Crippen molar-refractivity contribution in [1.82, 2.24) is 14.7 Å². The van der Waals surface area contributed by atoms with Crippen LogP contribution in [0.2, 0.25) is 0 Å². The first-order valence-corrected chi connectivity index (χ1v) is 11.5. The molecule has 184 valence electrons. The van der Waals surface area contributed by atoms with Crippen molar-refractivity contribution in [3.8, 4) is 17.3 Å². The molecule has 3 aromatic rings. The van der Waals surface area contributed by atoms with Gasteiger partial charge in [0, 0.05) is 25.2 Å². The molecule has 0 saturated carbocycles. The van der Waals surface area contributed by atoms with Gasteiger partial charge in [-0.05, 0) is 58.9 Å². The summed E-state index contributed by atoms with van der Waals surface area (Å²) < 4.78 is 41.1. The highest BCUT2D eigenvalue weighted by Gasteiger charge is 2.24. The molecule has 0 aliphatic rings. The summed E-state index contributed by atoms with van der Waals surface area (Å²) in [6.45, 7) is 10.8. The Kier molecular flexibility index (Phi) is 8.77. The Morgan fingerprint density at radius 2 is 1.76 bits per heavy atom. The van der Waals surface area contributed by atoms with Crippen LogP contribution in [0.1, 0.15) is 39.0 Å². The molecule has 34 heavy (non-hydrogen) atoms. The molecule has 0 bridgehead atoms. The summed E-state index contributed by atoms with van der Waals surface area (Å²) >= 11 is 0. The van der Waals surface area contributed by atoms with Gasteiger partial charge >= 0.3 is 0 Å². The summed E-state index contributed by atoms with van der Waals surface area (Å²) in [6, 6.07) is 12.7. The predicted octanol–water partition coefficient (Wildman–Crippen LogP) is 5.25. The van der Waals surface area contributed by atoms with Crippen LogP contribution in [0.15, 0.2) is 48.5 Å². The molecule has 1 aromatic heterocycles. The van der Waals surface area contributed by atoms with Crippen LogP contribution in [0.4, 0.5) is 8.78 Å². The lowest BCUT2D eigenvalue weighted by molar-refractivity contribution is -0.0137. The van der Waals surface area contributed by atoms with Gasteiger partial charge in [-0.2, -0.15) is 5.10 Å². The van der Waals surface area contributed by atoms with Crippen LogP contribution in [-0.4, -0.2) is 51.2 Å². The minimum atomic E-state index is -0.800. The highest BCUT2D eigenvalue weighted by atomic mass is 19.1. The minimum absolute atomic E-state index is 0.0270. The highest BCUT2D eigenvalue weighted by molar-refractivity contribution is 5.43. The second kappa shape index (κ2) is 11.6. The second-order valence-corrected chi connectivity index (χ2v) is 8.85. The SMILES string of the molecule is Cc1nn(-c2ccccc2)c(Oc2ccc(F)cc2F)c1CN(C[C@@H](O)COC(C)C)C(C)C. The molecule has 0 aliphatic heterocycles. The molecule has 0 unspecified atom stereocenters. The van der Waals surface area contributed by atoms with Crippen LogP contribution in [-0.2, 0) is 11.3 Å². The zero-order chi connectivity index (χ0) is 24.8. The molecular weight excluding hydrogens is 440 g/mol. The number of halogens is 2. The maximum absolute atomic E-state index is 14.5. The van der Waals surface area contributed by atoms with E-state index in [1.807, 2.05) is 65.0 Å². The Hall–Kier alpha value is -2.81. The normalized spacial score (nSPS) is 12.7. The van der Waals surface area contributed by atoms with Gasteiger partial charge in [0.15, 0.2) is 11.6 Å². The molecule has 0 spiro atoms. The number of ether oxygens (including phenoxy) is 2. The van der Waals surface area contributed by atoms with Gasteiger partial charge in [0.1, 0.15) is 5.82 Å². The maximum atomic E-state index is 14.5. The Morgan fingerprint density at radius 3 is 2.38 bits per heavy atom. The number of rotatable bonds is 11. The summed E-state index contributed by atoms with van der Waals surface area (Å²) in [5.41, 5.74) is 2.20. The Labute approximate surface area is 199 Å². The molecular formula is C26H33F2N3O3. The molecule has 1 N–H and O–H groups in total. The first-order chi connectivity index (χ1) is 16.2. The number of nitrogens with zero attached hydrogens (tertiary/aromatic N) is 3. The van der Waals surface area contributed by atoms with E-state index in [1.54, 1.807) is 4.68 Å². The zero-order valence-corrected chi connectivity index (χ0v) is 20.3. The smallest absolute Gasteiger partial charge is 0.227 e. The van der Waals surface area contributed by atoms with E-state index >= 15 is 0 Å². The summed E-state index contributed by atoms with van der Waals surface area (Å²) in [5.74, 6) is -1.23. The number of aromatic nitrogens is 2. The number of hydrogen-bond donors (Lipinski definition) is 1. The topological polar surface area (TPSA) is 59.8 Å². The molecule has 0 fully saturated rings. The molecule has 3 rings (SSSR count). The van der Waals surface area contributed by atoms with Crippen LogP contribution in [0.5, 0.6) is 11.6 Å². The fourth-order valence-electron chi connectivity index (χ4n) is 3.52. The number of para-hydroxylation sites is 1. The molecule has 6 nitrogen and oxygen atoms in total. The van der Waals surface area contributed by atoms with E-state index in [9.17, 15) is 13.9 Å². The monoisotopic (exact) mass is 473 g/mol. The number of aliphatic hydroxyl groups is 1. The third kappa shape index (κ3) is 6.62. The number of aryl methyl sites for hydroxylation is 1. The van der Waals surface area contributed by atoms with E-state index in [-0.39, 0.29) is 24.5 Å². The Balaban J connectivity index is 1.97. The first kappa shape index (κ1) is 25.8. The van der Waals surface area contributed by atoms with E-state index < -0.39 is 17.7 Å². The van der Waals surface area contributed by atoms with Gasteiger partial charge in [0.2, 0.25) is 5.88 Å². The van der Waals surface area contributed by atoms with Crippen LogP contribution < -0.4 is 4.74 Å². The fraction of sp³-hybridized carbons (Fsp3) is 0.423. The third-order valence-corrected chi connectivity index (χ3v) is 5.40. The molecule has 1 heterocycles. The van der Waals surface area contributed by atoms with Crippen molar-refractivity contribution in [2.45, 2.75) is 59.4 Å². The van der Waals surface area contributed by atoms with Crippen LogP contribution in [0.3, 0.4) is 0 Å². The standard InChI is InChI=1S/C26H33F2N3O3/c1-17(2)30(14-22(32)16-33-18(3)4)15-23-19(5)29-31(21-9-7-6-8-10-21)26(23)34-25-12-11-20(27)13-24(25)28/h6-13,17-18,22,32H,14-16H2,1-5H3/t22-/m1/s1. The van der Waals surface area contributed by atoms with Crippen molar-refractivity contribution >= 4 is 0 Å². The van der Waals surface area contributed by atoms with Crippen molar-refractivity contribution < 1.29 is 23.4 Å². The lowest BCUT2D eigenvalue weighted by atomic mass is 10.2. The van der Waals surface area contributed by atoms with Crippen molar-refractivity contribution in [2.75, 3.05) is 13.2 Å². The summed E-state index contributed by atoms with van der Waals surface area (Å²) in [5, 5.41) is 15.2. The van der Waals surface area contributed by atoms with Crippen molar-refractivity contribution in [1.29, 1.82) is 0 Å². The predicted molar refractivity (Wildman–Crippen MR) is 127 cm³/mol. The van der Waals surface area contributed by atoms with Gasteiger partial charge < -0.3 is 14.6 Å². The summed E-state index contributed by atoms with van der Waals surface area (Å²) in [7, 11) is 0. The number of benzene rings is 2. The zero-order valence-electron chi connectivity index (χ0n) is 20.3. The van der Waals surface area contributed by atoms with Crippen LogP contribution in [0.25, 0.3) is 5.69 Å². The van der Waals surface area contributed by atoms with E-state index in [0.29, 0.717) is 24.7 Å². The molecule has 0 aliphatic carbocycles. The van der Waals surface area contributed by atoms with Crippen molar-refractivity contribution in [3.63, 3.8) is 0 Å². The average Bonchev–Trinajstić information content (AvgIpc) is 3.09. The van der Waals surface area contributed by atoms with Crippen molar-refractivity contribution in [2.24, 2.45) is 0 Å². The van der Waals surface area contributed by atoms with Gasteiger partial charge in [0.25, 0.3) is 0 Å². The molecule has 1 atom stereocenters. The minimum Gasteiger partial charge on any atom is -0.435 e. The maximum Gasteiger partial charge on any atom is 0.227 e. The van der Waals surface area contributed by atoms with E-state index in [4.69, 9.17) is 9.47 Å². The van der Waals surface area contributed by atoms with Gasteiger partial charge in [-0.3, -0.25) is 4.90 Å². The summed E-state index contributed by atoms with van der Waals surface area (Å²) in [6.07, 6.45) is -0.646. The van der Waals surface area contributed by atoms with Gasteiger partial charge in [0.05, 0.1) is 35.8 Å². The molecule has 8 heteroatoms. The van der Waals surface area contributed by atoms with Crippen molar-refractivity contribution in [3.05, 3.63) is 71.4 Å². The molecule has 0 radical (unpaired) electrons. The summed E-state index contributed by atoms with van der Waals surface area (Å²) in [4.78, 5) is 2.08. The van der Waals surface area contributed by atoms with Gasteiger partial charge in [-0.25, -0.2) is 13.5 Å².